The van der Waals surface area contributed by atoms with Gasteiger partial charge in [0.15, 0.2) is 0 Å². The van der Waals surface area contributed by atoms with Crippen molar-refractivity contribution < 1.29 is 0 Å². The van der Waals surface area contributed by atoms with Gasteiger partial charge in [-0.15, -0.1) is 0 Å². The predicted octanol–water partition coefficient (Wildman–Crippen LogP) is 2.42. The highest BCUT2D eigenvalue weighted by Gasteiger charge is 1.77. The topological polar surface area (TPSA) is 24.7 Å². The van der Waals surface area contributed by atoms with Gasteiger partial charge < -0.3 is 0 Å². The second-order valence-electron chi connectivity index (χ2n) is 1.93. The molecule has 2 nitrogen and oxygen atoms in total. The lowest BCUT2D eigenvalue weighted by atomic mass is 10.3. The number of hydrogen-bond acceptors (Lipinski definition) is 2. The molecule has 0 spiro atoms. The van der Waals surface area contributed by atoms with Gasteiger partial charge in [0, 0.05) is 6.21 Å². The molecule has 0 aromatic rings. The van der Waals surface area contributed by atoms with E-state index in [1.165, 1.54) is 0 Å². The molecular formula is C8H14N2. The Morgan fingerprint density at radius 1 is 1.50 bits per heavy atom. The third-order valence-corrected chi connectivity index (χ3v) is 0.926. The average molecular weight is 138 g/mol. The Morgan fingerprint density at radius 2 is 2.20 bits per heavy atom. The zero-order valence-corrected chi connectivity index (χ0v) is 6.83. The lowest BCUT2D eigenvalue weighted by molar-refractivity contribution is 1.21. The molecule has 0 saturated heterocycles. The van der Waals surface area contributed by atoms with Crippen molar-refractivity contribution in [3.05, 3.63) is 12.2 Å². The van der Waals surface area contributed by atoms with Gasteiger partial charge in [-0.2, -0.15) is 10.2 Å². The predicted molar refractivity (Wildman–Crippen MR) is 46.7 cm³/mol. The highest BCUT2D eigenvalue weighted by Crippen LogP contribution is 1.84. The van der Waals surface area contributed by atoms with E-state index in [-0.39, 0.29) is 0 Å². The molecule has 0 aliphatic rings. The molecule has 0 rings (SSSR count). The molecule has 56 valence electrons. The van der Waals surface area contributed by atoms with Crippen molar-refractivity contribution in [2.75, 3.05) is 0 Å². The minimum atomic E-state index is 0.944. The van der Waals surface area contributed by atoms with E-state index < -0.39 is 0 Å². The molecule has 0 aromatic heterocycles. The van der Waals surface area contributed by atoms with E-state index in [1.807, 2.05) is 19.9 Å². The zero-order valence-electron chi connectivity index (χ0n) is 6.83. The summed E-state index contributed by atoms with van der Waals surface area (Å²) in [5, 5.41) is 7.62. The summed E-state index contributed by atoms with van der Waals surface area (Å²) < 4.78 is 0. The van der Waals surface area contributed by atoms with Crippen LogP contribution in [-0.2, 0) is 0 Å². The quantitative estimate of drug-likeness (QED) is 0.422. The first kappa shape index (κ1) is 9.08. The molecule has 0 fully saturated rings. The summed E-state index contributed by atoms with van der Waals surface area (Å²) in [6.07, 6.45) is 6.74. The maximum absolute atomic E-state index is 3.88. The summed E-state index contributed by atoms with van der Waals surface area (Å²) in [6.45, 7) is 5.87. The molecule has 0 unspecified atom stereocenters. The number of nitrogens with zero attached hydrogens (tertiary/aromatic N) is 2. The number of hydrogen-bond donors (Lipinski definition) is 0. The standard InChI is InChI=1S/C8H14N2/c1-4-6-7-8(3)10-9-5-2/h5-7H,4H2,1-3H3/b7-6-,9-5-,10-8-. The van der Waals surface area contributed by atoms with Gasteiger partial charge in [0.05, 0.1) is 5.71 Å². The Hall–Kier alpha value is -0.920. The Bertz CT molecular complexity index is 155. The summed E-state index contributed by atoms with van der Waals surface area (Å²) in [5.41, 5.74) is 0.944. The van der Waals surface area contributed by atoms with Crippen molar-refractivity contribution >= 4 is 11.9 Å². The number of allylic oxidation sites excluding steroid dienone is 2. The zero-order chi connectivity index (χ0) is 7.82. The Balaban J connectivity index is 3.81. The van der Waals surface area contributed by atoms with Crippen LogP contribution < -0.4 is 0 Å². The molecule has 10 heavy (non-hydrogen) atoms. The molecule has 0 heterocycles. The maximum Gasteiger partial charge on any atom is 0.0596 e. The average Bonchev–Trinajstić information content (AvgIpc) is 1.97. The largest absolute Gasteiger partial charge is 0.164 e. The van der Waals surface area contributed by atoms with Gasteiger partial charge in [0.25, 0.3) is 0 Å². The highest BCUT2D eigenvalue weighted by molar-refractivity contribution is 5.92. The normalized spacial score (nSPS) is 13.7. The summed E-state index contributed by atoms with van der Waals surface area (Å²) in [7, 11) is 0. The van der Waals surface area contributed by atoms with Gasteiger partial charge in [0.2, 0.25) is 0 Å². The minimum Gasteiger partial charge on any atom is -0.164 e. The molecule has 0 aliphatic heterocycles. The minimum absolute atomic E-state index is 0.944. The Labute approximate surface area is 62.4 Å². The third-order valence-electron chi connectivity index (χ3n) is 0.926. The maximum atomic E-state index is 3.88. The molecule has 0 amide bonds. The Kier molecular flexibility index (Phi) is 5.63. The molecule has 0 aliphatic carbocycles. The molecule has 0 radical (unpaired) electrons. The highest BCUT2D eigenvalue weighted by atomic mass is 15.2. The van der Waals surface area contributed by atoms with Gasteiger partial charge in [-0.05, 0) is 26.3 Å². The second-order valence-corrected chi connectivity index (χ2v) is 1.93. The van der Waals surface area contributed by atoms with E-state index >= 15 is 0 Å². The van der Waals surface area contributed by atoms with Crippen LogP contribution in [-0.4, -0.2) is 11.9 Å². The van der Waals surface area contributed by atoms with Crippen LogP contribution in [0.15, 0.2) is 22.4 Å². The molecule has 0 atom stereocenters. The van der Waals surface area contributed by atoms with Crippen molar-refractivity contribution in [3.63, 3.8) is 0 Å². The van der Waals surface area contributed by atoms with Crippen LogP contribution in [0.1, 0.15) is 27.2 Å². The molecule has 0 N–H and O–H groups in total. The summed E-state index contributed by atoms with van der Waals surface area (Å²) >= 11 is 0. The first-order chi connectivity index (χ1) is 4.81. The van der Waals surface area contributed by atoms with Gasteiger partial charge >= 0.3 is 0 Å². The molecule has 0 bridgehead atoms. The summed E-state index contributed by atoms with van der Waals surface area (Å²) in [4.78, 5) is 0. The van der Waals surface area contributed by atoms with Crippen molar-refractivity contribution in [2.24, 2.45) is 10.2 Å². The SMILES string of the molecule is C\C=N/N=C(C)\C=C/CC. The fourth-order valence-corrected chi connectivity index (χ4v) is 0.471. The third kappa shape index (κ3) is 5.22. The van der Waals surface area contributed by atoms with Gasteiger partial charge in [-0.1, -0.05) is 13.0 Å². The fraction of sp³-hybridized carbons (Fsp3) is 0.500. The lowest BCUT2D eigenvalue weighted by Crippen LogP contribution is -1.81. The van der Waals surface area contributed by atoms with Crippen LogP contribution in [0.2, 0.25) is 0 Å². The van der Waals surface area contributed by atoms with Crippen LogP contribution in [0, 0.1) is 0 Å². The summed E-state index contributed by atoms with van der Waals surface area (Å²) in [6, 6.07) is 0. The molecular weight excluding hydrogens is 124 g/mol. The molecule has 0 aromatic carbocycles. The Morgan fingerprint density at radius 3 is 2.70 bits per heavy atom. The number of rotatable bonds is 3. The lowest BCUT2D eigenvalue weighted by Gasteiger charge is -1.83. The second kappa shape index (κ2) is 6.20. The van der Waals surface area contributed by atoms with Gasteiger partial charge in [-0.3, -0.25) is 0 Å². The van der Waals surface area contributed by atoms with Crippen LogP contribution in [0.3, 0.4) is 0 Å². The first-order valence-corrected chi connectivity index (χ1v) is 3.50. The van der Waals surface area contributed by atoms with Crippen molar-refractivity contribution in [2.45, 2.75) is 27.2 Å². The van der Waals surface area contributed by atoms with Gasteiger partial charge in [0.1, 0.15) is 0 Å². The van der Waals surface area contributed by atoms with Crippen molar-refractivity contribution in [3.8, 4) is 0 Å². The fourth-order valence-electron chi connectivity index (χ4n) is 0.471. The van der Waals surface area contributed by atoms with Gasteiger partial charge in [-0.25, -0.2) is 0 Å². The van der Waals surface area contributed by atoms with Crippen molar-refractivity contribution in [1.29, 1.82) is 0 Å². The van der Waals surface area contributed by atoms with E-state index in [2.05, 4.69) is 23.2 Å². The smallest absolute Gasteiger partial charge is 0.0596 e. The molecule has 0 saturated carbocycles. The molecule has 2 heteroatoms. The van der Waals surface area contributed by atoms with Crippen LogP contribution in [0.25, 0.3) is 0 Å². The van der Waals surface area contributed by atoms with Crippen LogP contribution in [0.4, 0.5) is 0 Å². The first-order valence-electron chi connectivity index (χ1n) is 3.50. The van der Waals surface area contributed by atoms with E-state index in [1.54, 1.807) is 6.21 Å². The van der Waals surface area contributed by atoms with E-state index in [0.29, 0.717) is 0 Å². The summed E-state index contributed by atoms with van der Waals surface area (Å²) in [5.74, 6) is 0. The van der Waals surface area contributed by atoms with E-state index in [0.717, 1.165) is 12.1 Å². The van der Waals surface area contributed by atoms with Crippen LogP contribution in [0.5, 0.6) is 0 Å². The van der Waals surface area contributed by atoms with Crippen molar-refractivity contribution in [1.82, 2.24) is 0 Å². The van der Waals surface area contributed by atoms with Crippen LogP contribution >= 0.6 is 0 Å². The van der Waals surface area contributed by atoms with E-state index in [9.17, 15) is 0 Å². The van der Waals surface area contributed by atoms with E-state index in [4.69, 9.17) is 0 Å². The monoisotopic (exact) mass is 138 g/mol.